The van der Waals surface area contributed by atoms with Gasteiger partial charge in [0.15, 0.2) is 17.0 Å². The first-order valence-electron chi connectivity index (χ1n) is 4.90. The number of imidazole rings is 1. The molecule has 0 aliphatic carbocycles. The van der Waals surface area contributed by atoms with Crippen LogP contribution >= 0.6 is 0 Å². The second-order valence-corrected chi connectivity index (χ2v) is 3.22. The minimum atomic E-state index is -0.0423. The van der Waals surface area contributed by atoms with Gasteiger partial charge in [0.05, 0.1) is 19.5 Å². The highest BCUT2D eigenvalue weighted by atomic mass is 16.5. The van der Waals surface area contributed by atoms with E-state index < -0.39 is 0 Å². The highest BCUT2D eigenvalue weighted by Crippen LogP contribution is 2.18. The fourth-order valence-electron chi connectivity index (χ4n) is 1.38. The summed E-state index contributed by atoms with van der Waals surface area (Å²) in [6.07, 6.45) is 1.54. The molecule has 0 amide bonds. The predicted molar refractivity (Wildman–Crippen MR) is 60.6 cm³/mol. The molecular weight excluding hydrogens is 226 g/mol. The first-order chi connectivity index (χ1) is 8.26. The van der Waals surface area contributed by atoms with E-state index in [1.165, 1.54) is 6.33 Å². The molecule has 0 bridgehead atoms. The van der Waals surface area contributed by atoms with Crippen LogP contribution in [0.3, 0.4) is 0 Å². The SMILES string of the molecule is NNc1nc(N)nc2c1ncn2COCCO. The van der Waals surface area contributed by atoms with Gasteiger partial charge >= 0.3 is 0 Å². The number of hydrazine groups is 1. The average Bonchev–Trinajstić information content (AvgIpc) is 2.72. The summed E-state index contributed by atoms with van der Waals surface area (Å²) in [4.78, 5) is 12.1. The molecule has 0 unspecified atom stereocenters. The Bertz CT molecular complexity index is 512. The summed E-state index contributed by atoms with van der Waals surface area (Å²) in [5.41, 5.74) is 8.97. The summed E-state index contributed by atoms with van der Waals surface area (Å²) in [5, 5.41) is 8.61. The molecule has 2 aromatic rings. The summed E-state index contributed by atoms with van der Waals surface area (Å²) in [6.45, 7) is 0.416. The Morgan fingerprint density at radius 2 is 2.29 bits per heavy atom. The second kappa shape index (κ2) is 4.91. The molecule has 0 saturated heterocycles. The highest BCUT2D eigenvalue weighted by Gasteiger charge is 2.11. The van der Waals surface area contributed by atoms with Crippen LogP contribution in [0.15, 0.2) is 6.33 Å². The first-order valence-corrected chi connectivity index (χ1v) is 4.90. The summed E-state index contributed by atoms with van der Waals surface area (Å²) < 4.78 is 6.81. The van der Waals surface area contributed by atoms with Crippen LogP contribution in [0.2, 0.25) is 0 Å². The van der Waals surface area contributed by atoms with Gasteiger partial charge in [0.2, 0.25) is 5.95 Å². The first kappa shape index (κ1) is 11.5. The molecule has 0 spiro atoms. The van der Waals surface area contributed by atoms with E-state index in [0.717, 1.165) is 0 Å². The lowest BCUT2D eigenvalue weighted by molar-refractivity contribution is 0.0499. The van der Waals surface area contributed by atoms with Crippen molar-refractivity contribution in [2.24, 2.45) is 5.84 Å². The van der Waals surface area contributed by atoms with Gasteiger partial charge in [0.25, 0.3) is 0 Å². The number of fused-ring (bicyclic) bond motifs is 1. The number of nitrogen functional groups attached to an aromatic ring is 2. The van der Waals surface area contributed by atoms with E-state index in [1.807, 2.05) is 0 Å². The lowest BCUT2D eigenvalue weighted by atomic mass is 10.5. The smallest absolute Gasteiger partial charge is 0.224 e. The maximum absolute atomic E-state index is 8.61. The molecule has 0 aliphatic rings. The van der Waals surface area contributed by atoms with Gasteiger partial charge in [-0.2, -0.15) is 9.97 Å². The number of nitrogens with two attached hydrogens (primary N) is 2. The highest BCUT2D eigenvalue weighted by molar-refractivity contribution is 5.83. The molecule has 0 fully saturated rings. The van der Waals surface area contributed by atoms with Gasteiger partial charge in [-0.1, -0.05) is 0 Å². The van der Waals surface area contributed by atoms with Crippen LogP contribution in [0.4, 0.5) is 11.8 Å². The van der Waals surface area contributed by atoms with E-state index in [1.54, 1.807) is 4.57 Å². The van der Waals surface area contributed by atoms with Gasteiger partial charge in [0.1, 0.15) is 6.73 Å². The summed E-state index contributed by atoms with van der Waals surface area (Å²) in [6, 6.07) is 0. The Balaban J connectivity index is 2.35. The van der Waals surface area contributed by atoms with Gasteiger partial charge in [-0.15, -0.1) is 0 Å². The number of anilines is 2. The largest absolute Gasteiger partial charge is 0.394 e. The van der Waals surface area contributed by atoms with Crippen molar-refractivity contribution in [2.45, 2.75) is 6.73 Å². The van der Waals surface area contributed by atoms with E-state index in [4.69, 9.17) is 21.4 Å². The lowest BCUT2D eigenvalue weighted by Crippen LogP contribution is -2.12. The summed E-state index contributed by atoms with van der Waals surface area (Å²) >= 11 is 0. The van der Waals surface area contributed by atoms with Crippen LogP contribution in [0.1, 0.15) is 0 Å². The topological polar surface area (TPSA) is 137 Å². The Morgan fingerprint density at radius 3 is 3.00 bits per heavy atom. The maximum Gasteiger partial charge on any atom is 0.224 e. The number of ether oxygens (including phenoxy) is 1. The van der Waals surface area contributed by atoms with Gasteiger partial charge in [-0.05, 0) is 0 Å². The standard InChI is InChI=1S/C8H13N7O2/c9-8-12-6(14-10)5-7(13-8)15(3-11-5)4-17-2-1-16/h3,16H,1-2,4,10H2,(H3,9,12,13,14). The van der Waals surface area contributed by atoms with Crippen molar-refractivity contribution in [1.29, 1.82) is 0 Å². The zero-order valence-electron chi connectivity index (χ0n) is 9.00. The molecule has 6 N–H and O–H groups in total. The van der Waals surface area contributed by atoms with Crippen molar-refractivity contribution in [3.63, 3.8) is 0 Å². The second-order valence-electron chi connectivity index (χ2n) is 3.22. The maximum atomic E-state index is 8.61. The van der Waals surface area contributed by atoms with E-state index in [9.17, 15) is 0 Å². The average molecular weight is 239 g/mol. The molecule has 0 radical (unpaired) electrons. The number of aliphatic hydroxyl groups is 1. The van der Waals surface area contributed by atoms with Gasteiger partial charge < -0.3 is 21.0 Å². The normalized spacial score (nSPS) is 10.9. The molecule has 92 valence electrons. The number of aliphatic hydroxyl groups excluding tert-OH is 1. The van der Waals surface area contributed by atoms with Gasteiger partial charge in [-0.3, -0.25) is 4.57 Å². The molecular formula is C8H13N7O2. The zero-order chi connectivity index (χ0) is 12.3. The molecule has 0 atom stereocenters. The number of nitrogens with one attached hydrogen (secondary N) is 1. The minimum absolute atomic E-state index is 0.0423. The van der Waals surface area contributed by atoms with Crippen LogP contribution in [0.25, 0.3) is 11.2 Å². The third kappa shape index (κ3) is 2.25. The van der Waals surface area contributed by atoms with Gasteiger partial charge in [0, 0.05) is 0 Å². The summed E-state index contributed by atoms with van der Waals surface area (Å²) in [7, 11) is 0. The molecule has 2 heterocycles. The van der Waals surface area contributed by atoms with Crippen LogP contribution in [0, 0.1) is 0 Å². The van der Waals surface area contributed by atoms with Crippen LogP contribution in [-0.4, -0.2) is 37.8 Å². The van der Waals surface area contributed by atoms with E-state index in [2.05, 4.69) is 20.4 Å². The zero-order valence-corrected chi connectivity index (χ0v) is 9.00. The Kier molecular flexibility index (Phi) is 3.32. The fraction of sp³-hybridized carbons (Fsp3) is 0.375. The van der Waals surface area contributed by atoms with Crippen molar-refractivity contribution in [2.75, 3.05) is 24.4 Å². The molecule has 9 nitrogen and oxygen atoms in total. The fourth-order valence-corrected chi connectivity index (χ4v) is 1.38. The molecule has 9 heteroatoms. The number of rotatable bonds is 5. The number of aromatic nitrogens is 4. The van der Waals surface area contributed by atoms with Crippen molar-refractivity contribution in [3.05, 3.63) is 6.33 Å². The van der Waals surface area contributed by atoms with Crippen LogP contribution in [-0.2, 0) is 11.5 Å². The molecule has 2 aromatic heterocycles. The third-order valence-corrected chi connectivity index (χ3v) is 2.08. The van der Waals surface area contributed by atoms with Gasteiger partial charge in [-0.25, -0.2) is 10.8 Å². The molecule has 2 rings (SSSR count). The lowest BCUT2D eigenvalue weighted by Gasteiger charge is -2.05. The predicted octanol–water partition coefficient (Wildman–Crippen LogP) is -1.34. The quantitative estimate of drug-likeness (QED) is 0.286. The Labute approximate surface area is 96.4 Å². The number of nitrogens with zero attached hydrogens (tertiary/aromatic N) is 4. The number of hydrogen-bond donors (Lipinski definition) is 4. The summed E-state index contributed by atoms with van der Waals surface area (Å²) in [5.74, 6) is 5.75. The van der Waals surface area contributed by atoms with Crippen LogP contribution in [0.5, 0.6) is 0 Å². The van der Waals surface area contributed by atoms with Crippen molar-refractivity contribution in [3.8, 4) is 0 Å². The molecule has 17 heavy (non-hydrogen) atoms. The van der Waals surface area contributed by atoms with Crippen LogP contribution < -0.4 is 17.0 Å². The van der Waals surface area contributed by atoms with Crippen molar-refractivity contribution < 1.29 is 9.84 Å². The molecule has 0 aliphatic heterocycles. The molecule has 0 saturated carbocycles. The third-order valence-electron chi connectivity index (χ3n) is 2.08. The Hall–Kier alpha value is -1.97. The molecule has 0 aromatic carbocycles. The monoisotopic (exact) mass is 239 g/mol. The van der Waals surface area contributed by atoms with E-state index in [-0.39, 0.29) is 25.9 Å². The van der Waals surface area contributed by atoms with Crippen molar-refractivity contribution in [1.82, 2.24) is 19.5 Å². The number of hydrogen-bond acceptors (Lipinski definition) is 8. The van der Waals surface area contributed by atoms with Crippen molar-refractivity contribution >= 4 is 22.9 Å². The van der Waals surface area contributed by atoms with E-state index >= 15 is 0 Å². The Morgan fingerprint density at radius 1 is 1.47 bits per heavy atom. The minimum Gasteiger partial charge on any atom is -0.394 e. The van der Waals surface area contributed by atoms with E-state index in [0.29, 0.717) is 17.0 Å².